The number of ether oxygens (including phenoxy) is 7. The summed E-state index contributed by atoms with van der Waals surface area (Å²) in [6.45, 7) is 11.7. The molecule has 0 aromatic heterocycles. The number of hydrogen-bond donors (Lipinski definition) is 0. The molecule has 0 rings (SSSR count). The van der Waals surface area contributed by atoms with Gasteiger partial charge in [-0.1, -0.05) is 581 Å². The van der Waals surface area contributed by atoms with Crippen molar-refractivity contribution in [2.75, 3.05) is 52.9 Å². The van der Waals surface area contributed by atoms with Crippen LogP contribution in [0.3, 0.4) is 0 Å². The summed E-state index contributed by atoms with van der Waals surface area (Å²) in [6, 6.07) is 0. The monoisotopic (exact) mass is 1850 g/mol. The standard InChI is InChI=1S/C118H226O13/c1-7-13-19-25-31-37-43-49-55-61-67-73-79-85-91-97-111(119)126-105-117(106-127-112(120)98-92-86-80-74-68-62-56-50-44-38-32-26-20-14-8-2,107-128-113(121)99-93-87-81-75-69-63-57-51-45-39-33-27-21-15-9-3)103-125-104-118(108-129-114(122)100-94-88-82-76-70-64-58-52-46-40-34-28-22-16-10-4,109-130-115(123)101-95-89-83-77-71-65-59-53-47-41-35-29-23-17-11-5)110-131-116(124)102-96-90-84-78-72-66-60-54-48-42-36-30-24-18-12-6/h7-110H2,1-6H3. The third-order valence-electron chi connectivity index (χ3n) is 28.0. The first-order valence-electron chi connectivity index (χ1n) is 59.0. The van der Waals surface area contributed by atoms with Crippen LogP contribution >= 0.6 is 0 Å². The van der Waals surface area contributed by atoms with E-state index < -0.39 is 10.8 Å². The molecule has 0 saturated carbocycles. The minimum Gasteiger partial charge on any atom is -0.465 e. The van der Waals surface area contributed by atoms with Crippen molar-refractivity contribution >= 4 is 35.8 Å². The van der Waals surface area contributed by atoms with Gasteiger partial charge >= 0.3 is 35.8 Å². The molecule has 0 aromatic rings. The van der Waals surface area contributed by atoms with Crippen LogP contribution in [0.5, 0.6) is 0 Å². The van der Waals surface area contributed by atoms with Gasteiger partial charge in [-0.25, -0.2) is 0 Å². The highest BCUT2D eigenvalue weighted by molar-refractivity contribution is 5.71. The lowest BCUT2D eigenvalue weighted by molar-refractivity contribution is -0.175. The van der Waals surface area contributed by atoms with Gasteiger partial charge in [-0.05, 0) is 38.5 Å². The molecule has 0 atom stereocenters. The van der Waals surface area contributed by atoms with Crippen LogP contribution in [0.25, 0.3) is 0 Å². The van der Waals surface area contributed by atoms with E-state index in [-0.39, 0.29) is 127 Å². The molecule has 0 N–H and O–H groups in total. The lowest BCUT2D eigenvalue weighted by Gasteiger charge is -2.35. The van der Waals surface area contributed by atoms with Crippen molar-refractivity contribution < 1.29 is 61.9 Å². The molecule has 0 heterocycles. The van der Waals surface area contributed by atoms with Crippen molar-refractivity contribution in [1.82, 2.24) is 0 Å². The maximum Gasteiger partial charge on any atom is 0.305 e. The summed E-state index contributed by atoms with van der Waals surface area (Å²) in [4.78, 5) is 85.0. The fourth-order valence-corrected chi connectivity index (χ4v) is 18.7. The zero-order valence-electron chi connectivity index (χ0n) is 88.8. The first-order chi connectivity index (χ1) is 64.4. The zero-order chi connectivity index (χ0) is 95.0. The predicted molar refractivity (Wildman–Crippen MR) is 559 cm³/mol. The maximum absolute atomic E-state index is 14.2. The van der Waals surface area contributed by atoms with Crippen molar-refractivity contribution in [1.29, 1.82) is 0 Å². The Morgan fingerprint density at radius 2 is 0.206 bits per heavy atom. The Bertz CT molecular complexity index is 1960. The van der Waals surface area contributed by atoms with Gasteiger partial charge in [0, 0.05) is 38.5 Å². The normalized spacial score (nSPS) is 11.8. The molecule has 131 heavy (non-hydrogen) atoms. The Labute approximate surface area is 814 Å². The first-order valence-corrected chi connectivity index (χ1v) is 59.0. The van der Waals surface area contributed by atoms with E-state index in [1.165, 1.54) is 424 Å². The number of unbranched alkanes of at least 4 members (excludes halogenated alkanes) is 84. The SMILES string of the molecule is CCCCCCCCCCCCCCCCCC(=O)OCC(COCC(COC(=O)CCCCCCCCCCCCCCCCC)(COC(=O)CCCCCCCCCCCCCCCCC)COC(=O)CCCCCCCCCCCCCCCCC)(COC(=O)CCCCCCCCCCCCCCCCC)COC(=O)CCCCCCCCCCCCCCCCC. The Balaban J connectivity index is 7.23. The van der Waals surface area contributed by atoms with E-state index in [0.717, 1.165) is 116 Å². The molecule has 0 unspecified atom stereocenters. The summed E-state index contributed by atoms with van der Waals surface area (Å²) in [5.74, 6) is -2.28. The molecule has 0 fully saturated rings. The average molecular weight is 1850 g/mol. The molecule has 0 aliphatic heterocycles. The fraction of sp³-hybridized carbons (Fsp3) is 0.949. The average Bonchev–Trinajstić information content (AvgIpc) is 0.837. The molecule has 0 bridgehead atoms. The highest BCUT2D eigenvalue weighted by atomic mass is 16.6. The topological polar surface area (TPSA) is 167 Å². The van der Waals surface area contributed by atoms with Gasteiger partial charge in [0.1, 0.15) is 39.6 Å². The Hall–Kier alpha value is -3.22. The third kappa shape index (κ3) is 96.8. The van der Waals surface area contributed by atoms with Gasteiger partial charge in [-0.2, -0.15) is 0 Å². The van der Waals surface area contributed by atoms with E-state index in [1.54, 1.807) is 0 Å². The van der Waals surface area contributed by atoms with E-state index in [1.807, 2.05) is 0 Å². The van der Waals surface area contributed by atoms with E-state index in [0.29, 0.717) is 38.5 Å². The number of esters is 6. The van der Waals surface area contributed by atoms with Gasteiger partial charge in [-0.3, -0.25) is 28.8 Å². The predicted octanol–water partition coefficient (Wildman–Crippen LogP) is 37.8. The van der Waals surface area contributed by atoms with Crippen LogP contribution in [0.4, 0.5) is 0 Å². The van der Waals surface area contributed by atoms with Gasteiger partial charge in [0.15, 0.2) is 0 Å². The van der Waals surface area contributed by atoms with Crippen molar-refractivity contribution in [2.24, 2.45) is 10.8 Å². The second kappa shape index (κ2) is 106. The molecule has 0 aromatic carbocycles. The molecule has 0 radical (unpaired) electrons. The summed E-state index contributed by atoms with van der Waals surface area (Å²) >= 11 is 0. The number of carbonyl (C=O) groups excluding carboxylic acids is 6. The Morgan fingerprint density at radius 1 is 0.122 bits per heavy atom. The van der Waals surface area contributed by atoms with Crippen molar-refractivity contribution in [3.8, 4) is 0 Å². The van der Waals surface area contributed by atoms with Crippen molar-refractivity contribution in [3.05, 3.63) is 0 Å². The summed E-state index contributed by atoms with van der Waals surface area (Å²) < 4.78 is 44.7. The van der Waals surface area contributed by atoms with E-state index in [2.05, 4.69) is 41.5 Å². The molecule has 13 nitrogen and oxygen atoms in total. The summed E-state index contributed by atoms with van der Waals surface area (Å²) in [6.07, 6.45) is 111. The van der Waals surface area contributed by atoms with Gasteiger partial charge in [0.05, 0.1) is 24.0 Å². The molecule has 0 spiro atoms. The largest absolute Gasteiger partial charge is 0.465 e. The minimum atomic E-state index is -1.37. The second-order valence-electron chi connectivity index (χ2n) is 41.7. The third-order valence-corrected chi connectivity index (χ3v) is 28.0. The van der Waals surface area contributed by atoms with Crippen LogP contribution in [-0.2, 0) is 61.9 Å². The lowest BCUT2D eigenvalue weighted by Crippen LogP contribution is -2.47. The molecule has 0 aliphatic rings. The smallest absolute Gasteiger partial charge is 0.305 e. The molecule has 13 heteroatoms. The van der Waals surface area contributed by atoms with Gasteiger partial charge < -0.3 is 33.2 Å². The van der Waals surface area contributed by atoms with Crippen LogP contribution in [-0.4, -0.2) is 88.7 Å². The minimum absolute atomic E-state index is 0.216. The molecule has 0 saturated heterocycles. The number of hydrogen-bond acceptors (Lipinski definition) is 13. The van der Waals surface area contributed by atoms with Crippen LogP contribution in [0, 0.1) is 10.8 Å². The van der Waals surface area contributed by atoms with E-state index in [9.17, 15) is 28.8 Å². The van der Waals surface area contributed by atoms with Gasteiger partial charge in [0.2, 0.25) is 0 Å². The first kappa shape index (κ1) is 128. The number of carbonyl (C=O) groups is 6. The zero-order valence-corrected chi connectivity index (χ0v) is 88.8. The molecule has 776 valence electrons. The van der Waals surface area contributed by atoms with Crippen LogP contribution in [0.15, 0.2) is 0 Å². The molecule has 0 aliphatic carbocycles. The Kier molecular flexibility index (Phi) is 103. The van der Waals surface area contributed by atoms with Gasteiger partial charge in [-0.15, -0.1) is 0 Å². The Morgan fingerprint density at radius 3 is 0.298 bits per heavy atom. The van der Waals surface area contributed by atoms with Crippen molar-refractivity contribution in [3.63, 3.8) is 0 Å². The van der Waals surface area contributed by atoms with Crippen molar-refractivity contribution in [2.45, 2.75) is 658 Å². The van der Waals surface area contributed by atoms with E-state index in [4.69, 9.17) is 33.2 Å². The second-order valence-corrected chi connectivity index (χ2v) is 41.7. The summed E-state index contributed by atoms with van der Waals surface area (Å²) in [7, 11) is 0. The highest BCUT2D eigenvalue weighted by Gasteiger charge is 2.41. The fourth-order valence-electron chi connectivity index (χ4n) is 18.7. The van der Waals surface area contributed by atoms with Gasteiger partial charge in [0.25, 0.3) is 0 Å². The summed E-state index contributed by atoms with van der Waals surface area (Å²) in [5.41, 5.74) is -2.74. The maximum atomic E-state index is 14.2. The molecular formula is C118H226O13. The summed E-state index contributed by atoms with van der Waals surface area (Å²) in [5, 5.41) is 0. The molecular weight excluding hydrogens is 1630 g/mol. The molecule has 0 amide bonds. The number of rotatable bonds is 112. The quantitative estimate of drug-likeness (QED) is 0.0321. The van der Waals surface area contributed by atoms with Crippen LogP contribution < -0.4 is 0 Å². The lowest BCUT2D eigenvalue weighted by atomic mass is 9.90. The van der Waals surface area contributed by atoms with E-state index >= 15 is 0 Å². The van der Waals surface area contributed by atoms with Crippen LogP contribution in [0.2, 0.25) is 0 Å². The highest BCUT2D eigenvalue weighted by Crippen LogP contribution is 2.30. The van der Waals surface area contributed by atoms with Crippen LogP contribution in [0.1, 0.15) is 658 Å².